The number of oxazole rings is 1. The summed E-state index contributed by atoms with van der Waals surface area (Å²) in [5.41, 5.74) is 1.98. The Morgan fingerprint density at radius 3 is 2.70 bits per heavy atom. The van der Waals surface area contributed by atoms with E-state index in [1.807, 2.05) is 24.3 Å². The molecule has 0 saturated carbocycles. The van der Waals surface area contributed by atoms with Gasteiger partial charge in [-0.15, -0.1) is 0 Å². The number of carbonyl (C=O) groups excluding carboxylic acids is 1. The summed E-state index contributed by atoms with van der Waals surface area (Å²) in [6.07, 6.45) is 1.52. The van der Waals surface area contributed by atoms with Crippen molar-refractivity contribution >= 4 is 28.5 Å². The van der Waals surface area contributed by atoms with Gasteiger partial charge in [0, 0.05) is 36.8 Å². The van der Waals surface area contributed by atoms with E-state index in [-0.39, 0.29) is 17.6 Å². The molecular formula is C19H18N4O4. The Kier molecular flexibility index (Phi) is 4.45. The summed E-state index contributed by atoms with van der Waals surface area (Å²) in [5, 5.41) is 13.6. The predicted molar refractivity (Wildman–Crippen MR) is 99.7 cm³/mol. The van der Waals surface area contributed by atoms with E-state index in [1.54, 1.807) is 17.0 Å². The van der Waals surface area contributed by atoms with Crippen LogP contribution >= 0.6 is 0 Å². The number of anilines is 1. The van der Waals surface area contributed by atoms with Crippen LogP contribution < -0.4 is 5.32 Å². The third-order valence-electron chi connectivity index (χ3n) is 4.75. The number of benzene rings is 2. The predicted octanol–water partition coefficient (Wildman–Crippen LogP) is 4.15. The normalized spacial score (nSPS) is 15.0. The Balaban J connectivity index is 1.38. The van der Waals surface area contributed by atoms with E-state index in [0.29, 0.717) is 18.8 Å². The van der Waals surface area contributed by atoms with Crippen molar-refractivity contribution in [1.82, 2.24) is 9.88 Å². The molecule has 0 unspecified atom stereocenters. The van der Waals surface area contributed by atoms with Gasteiger partial charge in [0.25, 0.3) is 5.69 Å². The minimum Gasteiger partial charge on any atom is -0.440 e. The first kappa shape index (κ1) is 17.0. The molecule has 0 aliphatic carbocycles. The van der Waals surface area contributed by atoms with Gasteiger partial charge >= 0.3 is 6.03 Å². The van der Waals surface area contributed by atoms with Gasteiger partial charge in [-0.2, -0.15) is 0 Å². The highest BCUT2D eigenvalue weighted by atomic mass is 16.6. The van der Waals surface area contributed by atoms with Gasteiger partial charge in [0.1, 0.15) is 5.52 Å². The van der Waals surface area contributed by atoms with Crippen molar-refractivity contribution < 1.29 is 14.1 Å². The first-order valence-electron chi connectivity index (χ1n) is 8.76. The molecule has 1 N–H and O–H groups in total. The van der Waals surface area contributed by atoms with Crippen LogP contribution in [0.25, 0.3) is 11.1 Å². The summed E-state index contributed by atoms with van der Waals surface area (Å²) in [4.78, 5) is 29.1. The summed E-state index contributed by atoms with van der Waals surface area (Å²) >= 11 is 0. The summed E-state index contributed by atoms with van der Waals surface area (Å²) in [7, 11) is 0. The summed E-state index contributed by atoms with van der Waals surface area (Å²) in [5.74, 6) is 0.897. The highest BCUT2D eigenvalue weighted by Gasteiger charge is 2.27. The van der Waals surface area contributed by atoms with Crippen LogP contribution in [-0.4, -0.2) is 33.9 Å². The molecular weight excluding hydrogens is 348 g/mol. The molecule has 4 rings (SSSR count). The van der Waals surface area contributed by atoms with Crippen LogP contribution in [0.3, 0.4) is 0 Å². The van der Waals surface area contributed by atoms with Gasteiger partial charge in [-0.05, 0) is 31.0 Å². The summed E-state index contributed by atoms with van der Waals surface area (Å²) in [6, 6.07) is 13.3. The number of para-hydroxylation sites is 2. The highest BCUT2D eigenvalue weighted by molar-refractivity contribution is 5.89. The second kappa shape index (κ2) is 7.06. The zero-order valence-electron chi connectivity index (χ0n) is 14.5. The molecule has 0 atom stereocenters. The fraction of sp³-hybridized carbons (Fsp3) is 0.263. The lowest BCUT2D eigenvalue weighted by Crippen LogP contribution is -2.40. The molecule has 3 aromatic rings. The molecule has 8 heteroatoms. The molecule has 1 aliphatic rings. The number of piperidine rings is 1. The number of carbonyl (C=O) groups is 1. The van der Waals surface area contributed by atoms with Crippen LogP contribution in [0, 0.1) is 10.1 Å². The summed E-state index contributed by atoms with van der Waals surface area (Å²) in [6.45, 7) is 1.15. The molecule has 0 spiro atoms. The molecule has 1 saturated heterocycles. The molecule has 138 valence electrons. The zero-order chi connectivity index (χ0) is 18.8. The fourth-order valence-electron chi connectivity index (χ4n) is 3.29. The Morgan fingerprint density at radius 1 is 1.19 bits per heavy atom. The lowest BCUT2D eigenvalue weighted by atomic mass is 9.97. The molecule has 27 heavy (non-hydrogen) atoms. The Labute approximate surface area is 154 Å². The van der Waals surface area contributed by atoms with Gasteiger partial charge in [0.2, 0.25) is 0 Å². The van der Waals surface area contributed by atoms with E-state index in [1.165, 1.54) is 12.1 Å². The molecule has 1 aliphatic heterocycles. The number of hydrogen-bond donors (Lipinski definition) is 1. The SMILES string of the molecule is O=C(Nc1cccc([N+](=O)[O-])c1)N1CCC(c2nc3ccccc3o2)CC1. The first-order valence-corrected chi connectivity index (χ1v) is 8.76. The topological polar surface area (TPSA) is 102 Å². The first-order chi connectivity index (χ1) is 13.1. The van der Waals surface area contributed by atoms with Crippen LogP contribution in [-0.2, 0) is 0 Å². The van der Waals surface area contributed by atoms with Crippen LogP contribution in [0.15, 0.2) is 52.9 Å². The molecule has 2 heterocycles. The largest absolute Gasteiger partial charge is 0.440 e. The molecule has 8 nitrogen and oxygen atoms in total. The Morgan fingerprint density at radius 2 is 1.96 bits per heavy atom. The number of urea groups is 1. The monoisotopic (exact) mass is 366 g/mol. The smallest absolute Gasteiger partial charge is 0.321 e. The van der Waals surface area contributed by atoms with Gasteiger partial charge in [-0.1, -0.05) is 18.2 Å². The number of aromatic nitrogens is 1. The minimum absolute atomic E-state index is 0.0533. The standard InChI is InChI=1S/C19H18N4O4/c24-19(20-14-4-3-5-15(12-14)23(25)26)22-10-8-13(9-11-22)18-21-16-6-1-2-7-17(16)27-18/h1-7,12-13H,8-11H2,(H,20,24). The number of hydrogen-bond acceptors (Lipinski definition) is 5. The number of nitro groups is 1. The van der Waals surface area contributed by atoms with Gasteiger partial charge in [-0.3, -0.25) is 10.1 Å². The van der Waals surface area contributed by atoms with E-state index in [0.717, 1.165) is 29.8 Å². The highest BCUT2D eigenvalue weighted by Crippen LogP contribution is 2.30. The van der Waals surface area contributed by atoms with Crippen molar-refractivity contribution in [1.29, 1.82) is 0 Å². The van der Waals surface area contributed by atoms with E-state index < -0.39 is 4.92 Å². The van der Waals surface area contributed by atoms with Crippen molar-refractivity contribution in [2.24, 2.45) is 0 Å². The number of nitrogens with one attached hydrogen (secondary N) is 1. The van der Waals surface area contributed by atoms with Crippen molar-refractivity contribution in [3.05, 3.63) is 64.5 Å². The van der Waals surface area contributed by atoms with Crippen LogP contribution in [0.2, 0.25) is 0 Å². The molecule has 0 bridgehead atoms. The lowest BCUT2D eigenvalue weighted by molar-refractivity contribution is -0.384. The van der Waals surface area contributed by atoms with Crippen LogP contribution in [0.4, 0.5) is 16.2 Å². The quantitative estimate of drug-likeness (QED) is 0.554. The number of non-ortho nitro benzene ring substituents is 1. The number of nitrogens with zero attached hydrogens (tertiary/aromatic N) is 3. The van der Waals surface area contributed by atoms with Gasteiger partial charge in [-0.25, -0.2) is 9.78 Å². The van der Waals surface area contributed by atoms with Crippen molar-refractivity contribution in [3.63, 3.8) is 0 Å². The second-order valence-corrected chi connectivity index (χ2v) is 6.52. The average molecular weight is 366 g/mol. The maximum atomic E-state index is 12.4. The second-order valence-electron chi connectivity index (χ2n) is 6.52. The van der Waals surface area contributed by atoms with Gasteiger partial charge in [0.05, 0.1) is 4.92 Å². The Bertz CT molecular complexity index is 959. The van der Waals surface area contributed by atoms with Crippen molar-refractivity contribution in [2.75, 3.05) is 18.4 Å². The molecule has 1 aromatic heterocycles. The molecule has 2 amide bonds. The number of fused-ring (bicyclic) bond motifs is 1. The minimum atomic E-state index is -0.485. The molecule has 2 aromatic carbocycles. The molecule has 1 fully saturated rings. The van der Waals surface area contributed by atoms with E-state index in [9.17, 15) is 14.9 Å². The third-order valence-corrected chi connectivity index (χ3v) is 4.75. The zero-order valence-corrected chi connectivity index (χ0v) is 14.5. The van der Waals surface area contributed by atoms with Crippen molar-refractivity contribution in [2.45, 2.75) is 18.8 Å². The number of amides is 2. The summed E-state index contributed by atoms with van der Waals surface area (Å²) < 4.78 is 5.84. The van der Waals surface area contributed by atoms with Gasteiger partial charge < -0.3 is 14.6 Å². The van der Waals surface area contributed by atoms with E-state index >= 15 is 0 Å². The fourth-order valence-corrected chi connectivity index (χ4v) is 3.29. The number of likely N-dealkylation sites (tertiary alicyclic amines) is 1. The van der Waals surface area contributed by atoms with Crippen LogP contribution in [0.5, 0.6) is 0 Å². The average Bonchev–Trinajstić information content (AvgIpc) is 3.12. The maximum absolute atomic E-state index is 12.4. The third kappa shape index (κ3) is 3.59. The van der Waals surface area contributed by atoms with E-state index in [4.69, 9.17) is 4.42 Å². The maximum Gasteiger partial charge on any atom is 0.321 e. The van der Waals surface area contributed by atoms with Crippen LogP contribution in [0.1, 0.15) is 24.7 Å². The Hall–Kier alpha value is -3.42. The number of rotatable bonds is 3. The van der Waals surface area contributed by atoms with E-state index in [2.05, 4.69) is 10.3 Å². The molecule has 0 radical (unpaired) electrons. The number of nitro benzene ring substituents is 1. The van der Waals surface area contributed by atoms with Gasteiger partial charge in [0.15, 0.2) is 11.5 Å². The lowest BCUT2D eigenvalue weighted by Gasteiger charge is -2.30. The van der Waals surface area contributed by atoms with Crippen molar-refractivity contribution in [3.8, 4) is 0 Å².